The number of nitrogens with two attached hydrogens (primary N) is 1. The Hall–Kier alpha value is -1.40. The minimum Gasteiger partial charge on any atom is -0.330 e. The second-order valence-corrected chi connectivity index (χ2v) is 4.58. The highest BCUT2D eigenvalue weighted by atomic mass is 32.2. The van der Waals surface area contributed by atoms with Gasteiger partial charge in [-0.2, -0.15) is 5.10 Å². The lowest BCUT2D eigenvalue weighted by Crippen LogP contribution is -2.03. The number of aromatic nitrogens is 3. The highest BCUT2D eigenvalue weighted by molar-refractivity contribution is 7.99. The van der Waals surface area contributed by atoms with Crippen LogP contribution in [0.15, 0.2) is 34.6 Å². The molecule has 90 valence electrons. The fourth-order valence-electron chi connectivity index (χ4n) is 1.43. The van der Waals surface area contributed by atoms with E-state index in [1.54, 1.807) is 17.8 Å². The molecule has 2 rings (SSSR count). The van der Waals surface area contributed by atoms with Gasteiger partial charge in [0.05, 0.1) is 4.90 Å². The lowest BCUT2D eigenvalue weighted by Gasteiger charge is -2.04. The number of halogens is 1. The summed E-state index contributed by atoms with van der Waals surface area (Å²) in [6.45, 7) is 0.523. The summed E-state index contributed by atoms with van der Waals surface area (Å²) in [5.74, 6) is -0.246. The van der Waals surface area contributed by atoms with Gasteiger partial charge in [0.1, 0.15) is 12.1 Å². The van der Waals surface area contributed by atoms with Crippen molar-refractivity contribution < 1.29 is 4.39 Å². The van der Waals surface area contributed by atoms with Gasteiger partial charge in [-0.15, -0.1) is 0 Å². The van der Waals surface area contributed by atoms with Crippen LogP contribution in [0.4, 0.5) is 4.39 Å². The third kappa shape index (κ3) is 2.83. The summed E-state index contributed by atoms with van der Waals surface area (Å²) in [7, 11) is 1.77. The molecule has 1 aromatic heterocycles. The smallest absolute Gasteiger partial charge is 0.190 e. The van der Waals surface area contributed by atoms with Gasteiger partial charge in [0.15, 0.2) is 5.16 Å². The van der Waals surface area contributed by atoms with Gasteiger partial charge in [0, 0.05) is 7.05 Å². The Morgan fingerprint density at radius 2 is 2.29 bits per heavy atom. The predicted octanol–water partition coefficient (Wildman–Crippen LogP) is 1.61. The zero-order chi connectivity index (χ0) is 12.3. The highest BCUT2D eigenvalue weighted by Gasteiger charge is 2.08. The van der Waals surface area contributed by atoms with E-state index in [1.807, 2.05) is 6.07 Å². The van der Waals surface area contributed by atoms with E-state index in [0.717, 1.165) is 5.56 Å². The maximum absolute atomic E-state index is 13.8. The molecule has 2 N–H and O–H groups in total. The van der Waals surface area contributed by atoms with Gasteiger partial charge >= 0.3 is 0 Å². The van der Waals surface area contributed by atoms with Crippen molar-refractivity contribution in [2.24, 2.45) is 12.8 Å². The average molecular weight is 252 g/mol. The van der Waals surface area contributed by atoms with Crippen molar-refractivity contribution in [1.29, 1.82) is 0 Å². The second kappa shape index (κ2) is 5.29. The van der Waals surface area contributed by atoms with Gasteiger partial charge < -0.3 is 5.73 Å². The minimum atomic E-state index is -0.246. The van der Waals surface area contributed by atoms with Crippen LogP contribution in [0.1, 0.15) is 5.56 Å². The number of aryl methyl sites for hydroxylation is 1. The molecule has 0 saturated heterocycles. The quantitative estimate of drug-likeness (QED) is 0.898. The van der Waals surface area contributed by atoms with Gasteiger partial charge in [-0.25, -0.2) is 14.1 Å². The first-order chi connectivity index (χ1) is 8.20. The van der Waals surface area contributed by atoms with Gasteiger partial charge in [0.25, 0.3) is 0 Å². The van der Waals surface area contributed by atoms with Crippen molar-refractivity contribution in [3.63, 3.8) is 0 Å². The van der Waals surface area contributed by atoms with E-state index in [0.29, 0.717) is 23.0 Å². The third-order valence-electron chi connectivity index (χ3n) is 2.30. The van der Waals surface area contributed by atoms with Crippen LogP contribution >= 0.6 is 11.8 Å². The van der Waals surface area contributed by atoms with Crippen LogP contribution in [0.3, 0.4) is 0 Å². The summed E-state index contributed by atoms with van der Waals surface area (Å²) >= 11 is 1.26. The Balaban J connectivity index is 2.19. The molecule has 0 fully saturated rings. The molecule has 4 nitrogen and oxygen atoms in total. The Kier molecular flexibility index (Phi) is 3.75. The first-order valence-corrected chi connectivity index (χ1v) is 6.02. The van der Waals surface area contributed by atoms with Crippen LogP contribution in [0, 0.1) is 5.82 Å². The number of rotatable bonds is 4. The first kappa shape index (κ1) is 12.1. The molecule has 0 aliphatic rings. The molecule has 6 heteroatoms. The highest BCUT2D eigenvalue weighted by Crippen LogP contribution is 2.28. The van der Waals surface area contributed by atoms with Crippen LogP contribution in [0.5, 0.6) is 0 Å². The Labute approximate surface area is 103 Å². The largest absolute Gasteiger partial charge is 0.330 e. The number of hydrogen-bond donors (Lipinski definition) is 1. The molecule has 17 heavy (non-hydrogen) atoms. The van der Waals surface area contributed by atoms with Crippen molar-refractivity contribution in [2.45, 2.75) is 16.5 Å². The van der Waals surface area contributed by atoms with Crippen LogP contribution in [-0.4, -0.2) is 21.3 Å². The average Bonchev–Trinajstić information content (AvgIpc) is 2.69. The topological polar surface area (TPSA) is 56.7 Å². The number of nitrogens with zero attached hydrogens (tertiary/aromatic N) is 3. The standard InChI is InChI=1S/C11H13FN4S/c1-16-11(14-7-15-16)17-10-3-2-8(4-5-13)6-9(10)12/h2-3,6-7H,4-5,13H2,1H3. The molecule has 0 radical (unpaired) electrons. The monoisotopic (exact) mass is 252 g/mol. The summed E-state index contributed by atoms with van der Waals surface area (Å²) in [4.78, 5) is 4.58. The normalized spacial score (nSPS) is 10.8. The van der Waals surface area contributed by atoms with E-state index in [2.05, 4.69) is 10.1 Å². The molecule has 0 atom stereocenters. The number of hydrogen-bond acceptors (Lipinski definition) is 4. The van der Waals surface area contributed by atoms with Crippen molar-refractivity contribution in [3.8, 4) is 0 Å². The van der Waals surface area contributed by atoms with E-state index in [-0.39, 0.29) is 5.82 Å². The summed E-state index contributed by atoms with van der Waals surface area (Å²) in [6.07, 6.45) is 2.13. The Morgan fingerprint density at radius 1 is 1.47 bits per heavy atom. The molecule has 0 amide bonds. The minimum absolute atomic E-state index is 0.246. The predicted molar refractivity (Wildman–Crippen MR) is 64.3 cm³/mol. The van der Waals surface area contributed by atoms with E-state index in [1.165, 1.54) is 24.2 Å². The third-order valence-corrected chi connectivity index (χ3v) is 3.40. The molecular weight excluding hydrogens is 239 g/mol. The van der Waals surface area contributed by atoms with Crippen molar-refractivity contribution in [2.75, 3.05) is 6.54 Å². The van der Waals surface area contributed by atoms with Crippen molar-refractivity contribution in [1.82, 2.24) is 14.8 Å². The van der Waals surface area contributed by atoms with Crippen molar-refractivity contribution in [3.05, 3.63) is 35.9 Å². The van der Waals surface area contributed by atoms with Gasteiger partial charge in [0.2, 0.25) is 0 Å². The molecule has 0 bridgehead atoms. The molecule has 0 aliphatic carbocycles. The summed E-state index contributed by atoms with van der Waals surface area (Å²) < 4.78 is 15.4. The van der Waals surface area contributed by atoms with Crippen LogP contribution in [0.2, 0.25) is 0 Å². The van der Waals surface area contributed by atoms with Gasteiger partial charge in [-0.3, -0.25) is 0 Å². The van der Waals surface area contributed by atoms with E-state index < -0.39 is 0 Å². The molecule has 0 saturated carbocycles. The molecule has 2 aromatic rings. The molecule has 1 heterocycles. The lowest BCUT2D eigenvalue weighted by atomic mass is 10.1. The zero-order valence-electron chi connectivity index (χ0n) is 9.43. The fraction of sp³-hybridized carbons (Fsp3) is 0.273. The van der Waals surface area contributed by atoms with Crippen LogP contribution in [0.25, 0.3) is 0 Å². The molecule has 0 spiro atoms. The van der Waals surface area contributed by atoms with E-state index in [4.69, 9.17) is 5.73 Å². The van der Waals surface area contributed by atoms with Crippen LogP contribution < -0.4 is 5.73 Å². The van der Waals surface area contributed by atoms with Crippen molar-refractivity contribution >= 4 is 11.8 Å². The SMILES string of the molecule is Cn1ncnc1Sc1ccc(CCN)cc1F. The number of benzene rings is 1. The zero-order valence-corrected chi connectivity index (χ0v) is 10.2. The van der Waals surface area contributed by atoms with Gasteiger partial charge in [-0.1, -0.05) is 6.07 Å². The molecule has 0 unspecified atom stereocenters. The lowest BCUT2D eigenvalue weighted by molar-refractivity contribution is 0.598. The summed E-state index contributed by atoms with van der Waals surface area (Å²) in [5.41, 5.74) is 6.34. The van der Waals surface area contributed by atoms with E-state index in [9.17, 15) is 4.39 Å². The first-order valence-electron chi connectivity index (χ1n) is 5.21. The Bertz CT molecular complexity index is 512. The summed E-state index contributed by atoms with van der Waals surface area (Å²) in [6, 6.07) is 5.15. The molecular formula is C11H13FN4S. The second-order valence-electron chi connectivity index (χ2n) is 3.57. The Morgan fingerprint density at radius 3 is 2.88 bits per heavy atom. The maximum Gasteiger partial charge on any atom is 0.190 e. The van der Waals surface area contributed by atoms with E-state index >= 15 is 0 Å². The summed E-state index contributed by atoms with van der Waals surface area (Å²) in [5, 5.41) is 4.60. The van der Waals surface area contributed by atoms with Gasteiger partial charge in [-0.05, 0) is 42.4 Å². The fourth-order valence-corrected chi connectivity index (χ4v) is 2.19. The van der Waals surface area contributed by atoms with Crippen LogP contribution in [-0.2, 0) is 13.5 Å². The molecule has 1 aromatic carbocycles. The maximum atomic E-state index is 13.8. The molecule has 0 aliphatic heterocycles.